The Hall–Kier alpha value is -2.26. The van der Waals surface area contributed by atoms with Gasteiger partial charge in [-0.15, -0.1) is 13.2 Å². The summed E-state index contributed by atoms with van der Waals surface area (Å²) in [7, 11) is -4.26. The van der Waals surface area contributed by atoms with Crippen LogP contribution in [0.2, 0.25) is 5.02 Å². The van der Waals surface area contributed by atoms with E-state index in [1.807, 2.05) is 4.72 Å². The predicted molar refractivity (Wildman–Crippen MR) is 84.0 cm³/mol. The number of benzene rings is 2. The van der Waals surface area contributed by atoms with Crippen molar-refractivity contribution >= 4 is 27.5 Å². The topological polar surface area (TPSA) is 72.5 Å². The van der Waals surface area contributed by atoms with Crippen LogP contribution < -0.4 is 9.46 Å². The van der Waals surface area contributed by atoms with E-state index in [0.717, 1.165) is 24.3 Å². The van der Waals surface area contributed by atoms with Crippen LogP contribution >= 0.6 is 11.6 Å². The van der Waals surface area contributed by atoms with E-state index in [-0.39, 0.29) is 10.5 Å². The average molecular weight is 394 g/mol. The quantitative estimate of drug-likeness (QED) is 0.860. The average Bonchev–Trinajstić information content (AvgIpc) is 2.45. The van der Waals surface area contributed by atoms with E-state index in [2.05, 4.69) is 4.74 Å². The number of amides is 1. The molecule has 0 heterocycles. The van der Waals surface area contributed by atoms with Crippen molar-refractivity contribution in [3.05, 3.63) is 58.6 Å². The van der Waals surface area contributed by atoms with Gasteiger partial charge < -0.3 is 4.74 Å². The Kier molecular flexibility index (Phi) is 5.28. The molecule has 2 aromatic carbocycles. The van der Waals surface area contributed by atoms with Crippen LogP contribution in [0.3, 0.4) is 0 Å². The van der Waals surface area contributed by atoms with Crippen LogP contribution in [0, 0.1) is 6.92 Å². The van der Waals surface area contributed by atoms with E-state index in [9.17, 15) is 26.4 Å². The second-order valence-electron chi connectivity index (χ2n) is 4.91. The molecule has 0 unspecified atom stereocenters. The molecule has 1 amide bonds. The molecule has 0 bridgehead atoms. The summed E-state index contributed by atoms with van der Waals surface area (Å²) < 4.78 is 66.1. The van der Waals surface area contributed by atoms with Gasteiger partial charge in [0, 0.05) is 10.6 Å². The molecule has 5 nitrogen and oxygen atoms in total. The SMILES string of the molecule is Cc1cc(Cl)ccc1C(=O)NS(=O)(=O)c1ccc(OC(F)(F)F)cc1. The highest BCUT2D eigenvalue weighted by Gasteiger charge is 2.31. The van der Waals surface area contributed by atoms with Gasteiger partial charge in [-0.05, 0) is 55.0 Å². The second-order valence-corrected chi connectivity index (χ2v) is 7.03. The molecule has 0 spiro atoms. The molecule has 0 fully saturated rings. The summed E-state index contributed by atoms with van der Waals surface area (Å²) in [6, 6.07) is 7.74. The lowest BCUT2D eigenvalue weighted by Crippen LogP contribution is -2.31. The molecule has 2 aromatic rings. The third-order valence-corrected chi connectivity index (χ3v) is 4.61. The molecule has 0 aliphatic carbocycles. The lowest BCUT2D eigenvalue weighted by Gasteiger charge is -2.11. The number of carbonyl (C=O) groups is 1. The van der Waals surface area contributed by atoms with E-state index < -0.39 is 28.0 Å². The maximum Gasteiger partial charge on any atom is 0.573 e. The number of halogens is 4. The van der Waals surface area contributed by atoms with Gasteiger partial charge in [-0.1, -0.05) is 11.6 Å². The standard InChI is InChI=1S/C15H11ClF3NO4S/c1-9-8-10(16)2-7-13(9)14(21)20-25(22,23)12-5-3-11(4-6-12)24-15(17,18)19/h2-8H,1H3,(H,20,21). The molecule has 0 aliphatic heterocycles. The summed E-state index contributed by atoms with van der Waals surface area (Å²) in [6.07, 6.45) is -4.89. The van der Waals surface area contributed by atoms with Gasteiger partial charge in [0.1, 0.15) is 5.75 Å². The van der Waals surface area contributed by atoms with Crippen LogP contribution in [-0.2, 0) is 10.0 Å². The van der Waals surface area contributed by atoms with Crippen molar-refractivity contribution in [1.29, 1.82) is 0 Å². The van der Waals surface area contributed by atoms with Crippen molar-refractivity contribution in [2.24, 2.45) is 0 Å². The zero-order chi connectivity index (χ0) is 18.8. The fourth-order valence-corrected chi connectivity index (χ4v) is 3.13. The van der Waals surface area contributed by atoms with Gasteiger partial charge in [0.2, 0.25) is 0 Å². The maximum atomic E-state index is 12.2. The Morgan fingerprint density at radius 2 is 1.72 bits per heavy atom. The first-order valence-corrected chi connectivity index (χ1v) is 8.53. The molecule has 2 rings (SSSR count). The van der Waals surface area contributed by atoms with Gasteiger partial charge in [-0.2, -0.15) is 0 Å². The predicted octanol–water partition coefficient (Wildman–Crippen LogP) is 3.67. The number of sulfonamides is 1. The molecule has 0 saturated carbocycles. The van der Waals surface area contributed by atoms with E-state index in [0.29, 0.717) is 10.6 Å². The number of rotatable bonds is 4. The van der Waals surface area contributed by atoms with Gasteiger partial charge >= 0.3 is 6.36 Å². The minimum absolute atomic E-state index is 0.102. The van der Waals surface area contributed by atoms with Gasteiger partial charge in [0.15, 0.2) is 0 Å². The van der Waals surface area contributed by atoms with Crippen molar-refractivity contribution in [2.75, 3.05) is 0 Å². The van der Waals surface area contributed by atoms with Crippen molar-refractivity contribution in [1.82, 2.24) is 4.72 Å². The third-order valence-electron chi connectivity index (χ3n) is 3.03. The zero-order valence-electron chi connectivity index (χ0n) is 12.6. The highest BCUT2D eigenvalue weighted by Crippen LogP contribution is 2.24. The van der Waals surface area contributed by atoms with Crippen LogP contribution in [0.25, 0.3) is 0 Å². The number of hydrogen-bond donors (Lipinski definition) is 1. The van der Waals surface area contributed by atoms with E-state index >= 15 is 0 Å². The molecule has 0 aromatic heterocycles. The van der Waals surface area contributed by atoms with Crippen molar-refractivity contribution in [2.45, 2.75) is 18.2 Å². The summed E-state index contributed by atoms with van der Waals surface area (Å²) in [5.74, 6) is -1.46. The summed E-state index contributed by atoms with van der Waals surface area (Å²) >= 11 is 5.77. The van der Waals surface area contributed by atoms with Gasteiger partial charge in [-0.25, -0.2) is 13.1 Å². The molecule has 0 atom stereocenters. The van der Waals surface area contributed by atoms with Gasteiger partial charge in [0.25, 0.3) is 15.9 Å². The van der Waals surface area contributed by atoms with Crippen LogP contribution in [0.4, 0.5) is 13.2 Å². The van der Waals surface area contributed by atoms with E-state index in [1.165, 1.54) is 18.2 Å². The molecule has 0 aliphatic rings. The number of hydrogen-bond acceptors (Lipinski definition) is 4. The molecule has 0 radical (unpaired) electrons. The first kappa shape index (κ1) is 19.1. The molecule has 0 saturated heterocycles. The molecular formula is C15H11ClF3NO4S. The first-order valence-electron chi connectivity index (χ1n) is 6.67. The van der Waals surface area contributed by atoms with E-state index in [1.54, 1.807) is 6.92 Å². The second kappa shape index (κ2) is 6.93. The van der Waals surface area contributed by atoms with Crippen LogP contribution in [0.15, 0.2) is 47.4 Å². The first-order chi connectivity index (χ1) is 11.5. The van der Waals surface area contributed by atoms with Crippen molar-refractivity contribution < 1.29 is 31.1 Å². The van der Waals surface area contributed by atoms with Gasteiger partial charge in [0.05, 0.1) is 4.90 Å². The highest BCUT2D eigenvalue weighted by molar-refractivity contribution is 7.90. The number of carbonyl (C=O) groups excluding carboxylic acids is 1. The summed E-state index contributed by atoms with van der Waals surface area (Å²) in [5.41, 5.74) is 0.569. The Balaban J connectivity index is 2.19. The Morgan fingerprint density at radius 1 is 1.12 bits per heavy atom. The molecule has 134 valence electrons. The number of aryl methyl sites for hydroxylation is 1. The van der Waals surface area contributed by atoms with Crippen LogP contribution in [-0.4, -0.2) is 20.7 Å². The highest BCUT2D eigenvalue weighted by atomic mass is 35.5. The van der Waals surface area contributed by atoms with Crippen LogP contribution in [0.1, 0.15) is 15.9 Å². The maximum absolute atomic E-state index is 12.2. The van der Waals surface area contributed by atoms with Crippen LogP contribution in [0.5, 0.6) is 5.75 Å². The fourth-order valence-electron chi connectivity index (χ4n) is 1.94. The Morgan fingerprint density at radius 3 is 2.24 bits per heavy atom. The zero-order valence-corrected chi connectivity index (χ0v) is 14.2. The Bertz CT molecular complexity index is 896. The fraction of sp³-hybridized carbons (Fsp3) is 0.133. The largest absolute Gasteiger partial charge is 0.573 e. The summed E-state index contributed by atoms with van der Waals surface area (Å²) in [4.78, 5) is 11.7. The van der Waals surface area contributed by atoms with Crippen molar-refractivity contribution in [3.8, 4) is 5.75 Å². The molecule has 10 heteroatoms. The smallest absolute Gasteiger partial charge is 0.406 e. The molecular weight excluding hydrogens is 383 g/mol. The number of alkyl halides is 3. The monoisotopic (exact) mass is 393 g/mol. The number of ether oxygens (including phenoxy) is 1. The van der Waals surface area contributed by atoms with Gasteiger partial charge in [-0.3, -0.25) is 4.79 Å². The normalized spacial score (nSPS) is 11.9. The molecule has 1 N–H and O–H groups in total. The lowest BCUT2D eigenvalue weighted by molar-refractivity contribution is -0.274. The van der Waals surface area contributed by atoms with Crippen molar-refractivity contribution in [3.63, 3.8) is 0 Å². The summed E-state index contributed by atoms with van der Waals surface area (Å²) in [5, 5.41) is 0.386. The minimum Gasteiger partial charge on any atom is -0.406 e. The lowest BCUT2D eigenvalue weighted by atomic mass is 10.1. The summed E-state index contributed by atoms with van der Waals surface area (Å²) in [6.45, 7) is 1.58. The number of nitrogens with one attached hydrogen (secondary N) is 1. The third kappa shape index (κ3) is 5.10. The van der Waals surface area contributed by atoms with E-state index in [4.69, 9.17) is 11.6 Å². The Labute approximate surface area is 146 Å². The molecule has 25 heavy (non-hydrogen) atoms. The minimum atomic E-state index is -4.89.